The maximum Gasteiger partial charge on any atom is 0.348 e. The Bertz CT molecular complexity index is 1110. The summed E-state index contributed by atoms with van der Waals surface area (Å²) in [5.41, 5.74) is 1.90. The van der Waals surface area contributed by atoms with Gasteiger partial charge in [-0.15, -0.1) is 11.3 Å². The lowest BCUT2D eigenvalue weighted by molar-refractivity contribution is 0.0598. The molecule has 3 aromatic rings. The van der Waals surface area contributed by atoms with Crippen LogP contribution < -0.4 is 4.90 Å². The molecule has 1 aliphatic heterocycles. The van der Waals surface area contributed by atoms with Crippen LogP contribution in [-0.2, 0) is 14.2 Å². The number of carbonyl (C=O) groups is 1. The molecular formula is C23H22N2O4S. The molecule has 0 aliphatic carbocycles. The van der Waals surface area contributed by atoms with E-state index in [-0.39, 0.29) is 0 Å². The van der Waals surface area contributed by atoms with E-state index in [1.54, 1.807) is 7.11 Å². The lowest BCUT2D eigenvalue weighted by Gasteiger charge is -2.28. The number of fused-ring (bicyclic) bond motifs is 1. The van der Waals surface area contributed by atoms with Gasteiger partial charge in [0.05, 0.1) is 25.9 Å². The normalized spacial score (nSPS) is 15.0. The highest BCUT2D eigenvalue weighted by atomic mass is 32.1. The summed E-state index contributed by atoms with van der Waals surface area (Å²) in [6.07, 6.45) is -0.565. The summed E-state index contributed by atoms with van der Waals surface area (Å²) in [6.45, 7) is 2.51. The minimum atomic E-state index is -0.565. The average molecular weight is 423 g/mol. The summed E-state index contributed by atoms with van der Waals surface area (Å²) < 4.78 is 16.3. The molecular weight excluding hydrogens is 400 g/mol. The first-order valence-electron chi connectivity index (χ1n) is 9.67. The van der Waals surface area contributed by atoms with Crippen LogP contribution in [-0.4, -0.2) is 46.5 Å². The maximum absolute atomic E-state index is 12.6. The van der Waals surface area contributed by atoms with Crippen molar-refractivity contribution >= 4 is 33.1 Å². The van der Waals surface area contributed by atoms with Gasteiger partial charge in [0.2, 0.25) is 0 Å². The number of ether oxygens (including phenoxy) is 3. The molecule has 1 fully saturated rings. The predicted molar refractivity (Wildman–Crippen MR) is 116 cm³/mol. The standard InChI is InChI=1S/C23H22N2O4S/c1-27-20(17-8-7-15-5-3-4-6-16(15)13-17)19-18(14-24)22(25-9-11-29-12-10-25)30-21(19)23(26)28-2/h3-8,13,20H,9-12H2,1-2H3. The molecule has 0 saturated carbocycles. The van der Waals surface area contributed by atoms with Gasteiger partial charge in [-0.25, -0.2) is 4.79 Å². The van der Waals surface area contributed by atoms with Gasteiger partial charge in [-0.2, -0.15) is 5.26 Å². The summed E-state index contributed by atoms with van der Waals surface area (Å²) in [4.78, 5) is 15.1. The van der Waals surface area contributed by atoms with Crippen LogP contribution in [0, 0.1) is 11.3 Å². The number of thiophene rings is 1. The Kier molecular flexibility index (Phi) is 6.00. The first-order valence-corrected chi connectivity index (χ1v) is 10.5. The molecule has 6 nitrogen and oxygen atoms in total. The van der Waals surface area contributed by atoms with Gasteiger partial charge in [0.15, 0.2) is 0 Å². The van der Waals surface area contributed by atoms with Crippen LogP contribution in [0.2, 0.25) is 0 Å². The van der Waals surface area contributed by atoms with Gasteiger partial charge in [-0.1, -0.05) is 36.4 Å². The lowest BCUT2D eigenvalue weighted by atomic mass is 9.95. The van der Waals surface area contributed by atoms with E-state index in [9.17, 15) is 10.1 Å². The third kappa shape index (κ3) is 3.65. The number of nitriles is 1. The Morgan fingerprint density at radius 3 is 2.57 bits per heavy atom. The fourth-order valence-corrected chi connectivity index (χ4v) is 5.06. The van der Waals surface area contributed by atoms with E-state index >= 15 is 0 Å². The van der Waals surface area contributed by atoms with Crippen LogP contribution in [0.25, 0.3) is 10.8 Å². The summed E-state index contributed by atoms with van der Waals surface area (Å²) in [5.74, 6) is -0.464. The SMILES string of the molecule is COC(=O)c1sc(N2CCOCC2)c(C#N)c1C(OC)c1ccc2ccccc2c1. The lowest BCUT2D eigenvalue weighted by Crippen LogP contribution is -2.36. The molecule has 4 rings (SSSR count). The summed E-state index contributed by atoms with van der Waals surface area (Å²) in [7, 11) is 2.94. The minimum absolute atomic E-state index is 0.399. The number of esters is 1. The molecule has 1 unspecified atom stereocenters. The number of hydrogen-bond donors (Lipinski definition) is 0. The van der Waals surface area contributed by atoms with Gasteiger partial charge in [0.1, 0.15) is 22.1 Å². The second kappa shape index (κ2) is 8.84. The third-order valence-corrected chi connectivity index (χ3v) is 6.53. The van der Waals surface area contributed by atoms with Crippen LogP contribution in [0.15, 0.2) is 42.5 Å². The number of hydrogen-bond acceptors (Lipinski definition) is 7. The van der Waals surface area contributed by atoms with Gasteiger partial charge >= 0.3 is 5.97 Å². The maximum atomic E-state index is 12.6. The van der Waals surface area contributed by atoms with Crippen LogP contribution in [0.4, 0.5) is 5.00 Å². The van der Waals surface area contributed by atoms with Crippen LogP contribution in [0.1, 0.15) is 32.5 Å². The molecule has 1 saturated heterocycles. The highest BCUT2D eigenvalue weighted by molar-refractivity contribution is 7.18. The van der Waals surface area contributed by atoms with Crippen molar-refractivity contribution in [2.24, 2.45) is 0 Å². The van der Waals surface area contributed by atoms with Gasteiger partial charge in [-0.3, -0.25) is 0 Å². The molecule has 1 aromatic heterocycles. The Balaban J connectivity index is 1.88. The molecule has 154 valence electrons. The van der Waals surface area contributed by atoms with E-state index in [0.717, 1.165) is 21.3 Å². The molecule has 2 heterocycles. The van der Waals surface area contributed by atoms with Crippen molar-refractivity contribution in [1.82, 2.24) is 0 Å². The first kappa shape index (κ1) is 20.4. The van der Waals surface area contributed by atoms with Gasteiger partial charge in [-0.05, 0) is 22.4 Å². The molecule has 30 heavy (non-hydrogen) atoms. The van der Waals surface area contributed by atoms with Crippen molar-refractivity contribution < 1.29 is 19.0 Å². The van der Waals surface area contributed by atoms with Crippen molar-refractivity contribution in [3.8, 4) is 6.07 Å². The second-order valence-electron chi connectivity index (χ2n) is 6.95. The number of methoxy groups -OCH3 is 2. The molecule has 0 amide bonds. The number of carbonyl (C=O) groups excluding carboxylic acids is 1. The van der Waals surface area contributed by atoms with Gasteiger partial charge in [0, 0.05) is 25.8 Å². The Labute approximate surface area is 179 Å². The Morgan fingerprint density at radius 1 is 1.17 bits per heavy atom. The van der Waals surface area contributed by atoms with E-state index < -0.39 is 12.1 Å². The molecule has 0 bridgehead atoms. The van der Waals surface area contributed by atoms with E-state index in [0.29, 0.717) is 42.3 Å². The smallest absolute Gasteiger partial charge is 0.348 e. The van der Waals surface area contributed by atoms with E-state index in [1.165, 1.54) is 18.4 Å². The molecule has 2 aromatic carbocycles. The number of benzene rings is 2. The van der Waals surface area contributed by atoms with Gasteiger partial charge in [0.25, 0.3) is 0 Å². The number of rotatable bonds is 5. The molecule has 1 aliphatic rings. The van der Waals surface area contributed by atoms with E-state index in [2.05, 4.69) is 11.0 Å². The zero-order valence-electron chi connectivity index (χ0n) is 16.9. The topological polar surface area (TPSA) is 71.8 Å². The fraction of sp³-hybridized carbons (Fsp3) is 0.304. The zero-order valence-corrected chi connectivity index (χ0v) is 17.7. The van der Waals surface area contributed by atoms with Crippen molar-refractivity contribution in [3.05, 3.63) is 64.0 Å². The molecule has 7 heteroatoms. The zero-order chi connectivity index (χ0) is 21.1. The Hall–Kier alpha value is -2.92. The highest BCUT2D eigenvalue weighted by Crippen LogP contribution is 2.43. The second-order valence-corrected chi connectivity index (χ2v) is 7.95. The predicted octanol–water partition coefficient (Wildman–Crippen LogP) is 4.13. The molecule has 0 radical (unpaired) electrons. The quantitative estimate of drug-likeness (QED) is 0.576. The van der Waals surface area contributed by atoms with Crippen LogP contribution >= 0.6 is 11.3 Å². The molecule has 1 atom stereocenters. The van der Waals surface area contributed by atoms with Crippen molar-refractivity contribution in [3.63, 3.8) is 0 Å². The average Bonchev–Trinajstić information content (AvgIpc) is 3.19. The third-order valence-electron chi connectivity index (χ3n) is 5.28. The van der Waals surface area contributed by atoms with E-state index in [1.807, 2.05) is 42.5 Å². The number of anilines is 1. The number of morpholine rings is 1. The summed E-state index contributed by atoms with van der Waals surface area (Å²) in [5, 5.41) is 13.0. The Morgan fingerprint density at radius 2 is 1.90 bits per heavy atom. The van der Waals surface area contributed by atoms with Gasteiger partial charge < -0.3 is 19.1 Å². The van der Waals surface area contributed by atoms with Crippen LogP contribution in [0.5, 0.6) is 0 Å². The molecule has 0 spiro atoms. The fourth-order valence-electron chi connectivity index (χ4n) is 3.81. The summed E-state index contributed by atoms with van der Waals surface area (Å²) in [6, 6.07) is 16.4. The van der Waals surface area contributed by atoms with Crippen molar-refractivity contribution in [2.75, 3.05) is 45.4 Å². The highest BCUT2D eigenvalue weighted by Gasteiger charge is 2.32. The van der Waals surface area contributed by atoms with Crippen LogP contribution in [0.3, 0.4) is 0 Å². The number of nitrogens with zero attached hydrogens (tertiary/aromatic N) is 2. The minimum Gasteiger partial charge on any atom is -0.465 e. The molecule has 0 N–H and O–H groups in total. The van der Waals surface area contributed by atoms with E-state index in [4.69, 9.17) is 14.2 Å². The largest absolute Gasteiger partial charge is 0.465 e. The van der Waals surface area contributed by atoms with Crippen molar-refractivity contribution in [2.45, 2.75) is 6.10 Å². The van der Waals surface area contributed by atoms with Crippen molar-refractivity contribution in [1.29, 1.82) is 5.26 Å². The first-order chi connectivity index (χ1) is 14.7. The monoisotopic (exact) mass is 422 g/mol. The summed E-state index contributed by atoms with van der Waals surface area (Å²) >= 11 is 1.29.